The standard InChI is InChI=1S/C26H35N3O8/c1-15-11-17(13-34-9)12-16(2)19(15)28-14-27-20(18(21(28)30)22(31)35-10)29(23(32)36-25(3,4)5)24(33)37-26(6,7)8/h11-12,14H,13H2,1-10H3. The fourth-order valence-electron chi connectivity index (χ4n) is 3.59. The molecule has 2 amide bonds. The Bertz CT molecular complexity index is 1200. The molecule has 0 aliphatic rings. The van der Waals surface area contributed by atoms with Crippen molar-refractivity contribution in [1.82, 2.24) is 9.55 Å². The number of ether oxygens (including phenoxy) is 4. The summed E-state index contributed by atoms with van der Waals surface area (Å²) >= 11 is 0. The molecular formula is C26H35N3O8. The summed E-state index contributed by atoms with van der Waals surface area (Å²) in [6.07, 6.45) is -1.21. The Hall–Kier alpha value is -3.73. The van der Waals surface area contributed by atoms with Gasteiger partial charge < -0.3 is 18.9 Å². The highest BCUT2D eigenvalue weighted by Gasteiger charge is 2.38. The van der Waals surface area contributed by atoms with E-state index in [0.717, 1.165) is 30.1 Å². The van der Waals surface area contributed by atoms with Crippen LogP contribution in [-0.2, 0) is 25.6 Å². The Labute approximate surface area is 216 Å². The number of aryl methyl sites for hydroxylation is 2. The molecule has 0 spiro atoms. The van der Waals surface area contributed by atoms with Gasteiger partial charge in [0.2, 0.25) is 0 Å². The predicted molar refractivity (Wildman–Crippen MR) is 136 cm³/mol. The fourth-order valence-corrected chi connectivity index (χ4v) is 3.59. The molecule has 0 unspecified atom stereocenters. The highest BCUT2D eigenvalue weighted by atomic mass is 16.6. The quantitative estimate of drug-likeness (QED) is 0.417. The summed E-state index contributed by atoms with van der Waals surface area (Å²) in [5.74, 6) is -1.66. The number of nitrogens with zero attached hydrogens (tertiary/aromatic N) is 3. The van der Waals surface area contributed by atoms with E-state index >= 15 is 0 Å². The topological polar surface area (TPSA) is 126 Å². The van der Waals surface area contributed by atoms with Crippen molar-refractivity contribution < 1.29 is 33.3 Å². The first-order chi connectivity index (χ1) is 17.0. The third-order valence-corrected chi connectivity index (χ3v) is 4.81. The highest BCUT2D eigenvalue weighted by Crippen LogP contribution is 2.25. The van der Waals surface area contributed by atoms with Gasteiger partial charge in [-0.25, -0.2) is 19.4 Å². The summed E-state index contributed by atoms with van der Waals surface area (Å²) in [7, 11) is 2.65. The van der Waals surface area contributed by atoms with Crippen LogP contribution in [-0.4, -0.2) is 53.1 Å². The van der Waals surface area contributed by atoms with E-state index in [0.29, 0.717) is 17.2 Å². The minimum Gasteiger partial charge on any atom is -0.465 e. The van der Waals surface area contributed by atoms with E-state index in [1.807, 2.05) is 12.1 Å². The molecule has 0 radical (unpaired) electrons. The van der Waals surface area contributed by atoms with Crippen LogP contribution in [0.25, 0.3) is 5.69 Å². The normalized spacial score (nSPS) is 11.6. The molecule has 37 heavy (non-hydrogen) atoms. The van der Waals surface area contributed by atoms with Crippen molar-refractivity contribution in [1.29, 1.82) is 0 Å². The van der Waals surface area contributed by atoms with Crippen molar-refractivity contribution in [2.24, 2.45) is 0 Å². The minimum absolute atomic E-state index is 0.377. The molecular weight excluding hydrogens is 482 g/mol. The number of esters is 1. The second-order valence-corrected chi connectivity index (χ2v) is 10.4. The number of rotatable bonds is 5. The molecule has 0 saturated heterocycles. The molecule has 1 aromatic carbocycles. The van der Waals surface area contributed by atoms with Gasteiger partial charge in [-0.2, -0.15) is 4.90 Å². The van der Waals surface area contributed by atoms with Crippen LogP contribution < -0.4 is 10.5 Å². The summed E-state index contributed by atoms with van der Waals surface area (Å²) in [4.78, 5) is 57.4. The molecule has 0 saturated carbocycles. The monoisotopic (exact) mass is 517 g/mol. The molecule has 1 aromatic heterocycles. The lowest BCUT2D eigenvalue weighted by atomic mass is 10.0. The summed E-state index contributed by atoms with van der Waals surface area (Å²) in [6.45, 7) is 13.6. The lowest BCUT2D eigenvalue weighted by Gasteiger charge is -2.28. The number of anilines is 1. The molecule has 202 valence electrons. The lowest BCUT2D eigenvalue weighted by molar-refractivity contribution is 0.0428. The maximum atomic E-state index is 13.7. The molecule has 0 bridgehead atoms. The van der Waals surface area contributed by atoms with Crippen molar-refractivity contribution in [3.05, 3.63) is 51.1 Å². The zero-order valence-electron chi connectivity index (χ0n) is 23.0. The van der Waals surface area contributed by atoms with E-state index in [1.165, 1.54) is 4.57 Å². The summed E-state index contributed by atoms with van der Waals surface area (Å²) < 4.78 is 21.9. The van der Waals surface area contributed by atoms with Crippen molar-refractivity contribution in [2.45, 2.75) is 73.2 Å². The van der Waals surface area contributed by atoms with Crippen LogP contribution in [0, 0.1) is 13.8 Å². The largest absolute Gasteiger partial charge is 0.465 e. The van der Waals surface area contributed by atoms with Gasteiger partial charge in [-0.3, -0.25) is 9.36 Å². The lowest BCUT2D eigenvalue weighted by Crippen LogP contribution is -2.46. The molecule has 0 N–H and O–H groups in total. The molecule has 11 heteroatoms. The van der Waals surface area contributed by atoms with E-state index in [-0.39, 0.29) is 0 Å². The second kappa shape index (κ2) is 11.1. The molecule has 0 aliphatic heterocycles. The van der Waals surface area contributed by atoms with E-state index < -0.39 is 46.3 Å². The van der Waals surface area contributed by atoms with Gasteiger partial charge in [0.15, 0.2) is 11.4 Å². The number of hydrogen-bond donors (Lipinski definition) is 0. The number of methoxy groups -OCH3 is 2. The maximum absolute atomic E-state index is 13.7. The predicted octanol–water partition coefficient (Wildman–Crippen LogP) is 4.46. The van der Waals surface area contributed by atoms with Crippen LogP contribution in [0.4, 0.5) is 15.4 Å². The molecule has 2 aromatic rings. The summed E-state index contributed by atoms with van der Waals surface area (Å²) in [5.41, 5.74) is -0.679. The van der Waals surface area contributed by atoms with Crippen molar-refractivity contribution in [3.8, 4) is 5.69 Å². The number of carbonyl (C=O) groups excluding carboxylic acids is 3. The van der Waals surface area contributed by atoms with Gasteiger partial charge in [-0.05, 0) is 72.1 Å². The first kappa shape index (κ1) is 29.5. The Kier molecular flexibility index (Phi) is 8.87. The highest BCUT2D eigenvalue weighted by molar-refractivity contribution is 6.12. The Balaban J connectivity index is 2.83. The van der Waals surface area contributed by atoms with Crippen LogP contribution in [0.3, 0.4) is 0 Å². The van der Waals surface area contributed by atoms with Crippen LogP contribution in [0.2, 0.25) is 0 Å². The summed E-state index contributed by atoms with van der Waals surface area (Å²) in [6, 6.07) is 3.69. The number of carbonyl (C=O) groups is 3. The Morgan fingerprint density at radius 2 is 1.41 bits per heavy atom. The van der Waals surface area contributed by atoms with Gasteiger partial charge in [-0.15, -0.1) is 0 Å². The first-order valence-electron chi connectivity index (χ1n) is 11.6. The van der Waals surface area contributed by atoms with E-state index in [1.54, 1.807) is 62.5 Å². The van der Waals surface area contributed by atoms with E-state index in [9.17, 15) is 19.2 Å². The number of imide groups is 1. The third kappa shape index (κ3) is 7.16. The van der Waals surface area contributed by atoms with E-state index in [2.05, 4.69) is 4.98 Å². The van der Waals surface area contributed by atoms with Gasteiger partial charge in [-0.1, -0.05) is 12.1 Å². The summed E-state index contributed by atoms with van der Waals surface area (Å²) in [5, 5.41) is 0. The average molecular weight is 518 g/mol. The fraction of sp³-hybridized carbons (Fsp3) is 0.500. The first-order valence-corrected chi connectivity index (χ1v) is 11.6. The number of benzene rings is 1. The smallest absolute Gasteiger partial charge is 0.425 e. The van der Waals surface area contributed by atoms with Gasteiger partial charge in [0.1, 0.15) is 17.5 Å². The molecule has 0 fully saturated rings. The van der Waals surface area contributed by atoms with Gasteiger partial charge in [0, 0.05) is 7.11 Å². The second-order valence-electron chi connectivity index (χ2n) is 10.4. The van der Waals surface area contributed by atoms with Crippen molar-refractivity contribution in [3.63, 3.8) is 0 Å². The Morgan fingerprint density at radius 1 is 0.919 bits per heavy atom. The van der Waals surface area contributed by atoms with Gasteiger partial charge in [0.25, 0.3) is 5.56 Å². The zero-order chi connectivity index (χ0) is 28.3. The number of aromatic nitrogens is 2. The minimum atomic E-state index is -1.17. The van der Waals surface area contributed by atoms with E-state index in [4.69, 9.17) is 18.9 Å². The molecule has 0 aliphatic carbocycles. The number of hydrogen-bond acceptors (Lipinski definition) is 9. The molecule has 1 heterocycles. The molecule has 2 rings (SSSR count). The SMILES string of the molecule is COCc1cc(C)c(-n2cnc(N(C(=O)OC(C)(C)C)C(=O)OC(C)(C)C)c(C(=O)OC)c2=O)c(C)c1. The van der Waals surface area contributed by atoms with Crippen LogP contribution in [0.15, 0.2) is 23.3 Å². The zero-order valence-corrected chi connectivity index (χ0v) is 23.0. The van der Waals surface area contributed by atoms with Crippen molar-refractivity contribution >= 4 is 24.0 Å². The van der Waals surface area contributed by atoms with Gasteiger partial charge in [0.05, 0.1) is 19.4 Å². The van der Waals surface area contributed by atoms with Gasteiger partial charge >= 0.3 is 18.2 Å². The Morgan fingerprint density at radius 3 is 1.81 bits per heavy atom. The van der Waals surface area contributed by atoms with Crippen LogP contribution in [0.1, 0.15) is 68.6 Å². The average Bonchev–Trinajstić information content (AvgIpc) is 2.72. The van der Waals surface area contributed by atoms with Crippen molar-refractivity contribution in [2.75, 3.05) is 19.1 Å². The van der Waals surface area contributed by atoms with Crippen LogP contribution in [0.5, 0.6) is 0 Å². The maximum Gasteiger partial charge on any atom is 0.425 e. The number of amides is 2. The molecule has 11 nitrogen and oxygen atoms in total. The third-order valence-electron chi connectivity index (χ3n) is 4.81. The van der Waals surface area contributed by atoms with Crippen LogP contribution >= 0.6 is 0 Å². The molecule has 0 atom stereocenters.